The Kier molecular flexibility index (Phi) is 4.40. The van der Waals surface area contributed by atoms with E-state index in [2.05, 4.69) is 26.0 Å². The predicted octanol–water partition coefficient (Wildman–Crippen LogP) is -0.551. The molecule has 8 heteroatoms. The van der Waals surface area contributed by atoms with Crippen LogP contribution < -0.4 is 21.9 Å². The van der Waals surface area contributed by atoms with Crippen LogP contribution in [0.25, 0.3) is 0 Å². The third kappa shape index (κ3) is 3.65. The first kappa shape index (κ1) is 12.1. The summed E-state index contributed by atoms with van der Waals surface area (Å²) in [6.45, 7) is 2.14. The molecule has 0 unspecified atom stereocenters. The molecule has 0 aliphatic heterocycles. The number of hydrazine groups is 1. The molecule has 7 nitrogen and oxygen atoms in total. The summed E-state index contributed by atoms with van der Waals surface area (Å²) in [5.74, 6) is 4.51. The number of nitrogens with zero attached hydrogens (tertiary/aromatic N) is 2. The summed E-state index contributed by atoms with van der Waals surface area (Å²) >= 11 is 0. The molecule has 1 rings (SSSR count). The van der Waals surface area contributed by atoms with Crippen LogP contribution in [0.2, 0.25) is 0 Å². The van der Waals surface area contributed by atoms with Crippen LogP contribution in [0.15, 0.2) is 6.20 Å². The van der Waals surface area contributed by atoms with Gasteiger partial charge in [0.2, 0.25) is 11.9 Å². The van der Waals surface area contributed by atoms with Crippen LogP contribution >= 0.6 is 0 Å². The Hall–Kier alpha value is -1.96. The maximum Gasteiger partial charge on any atom is 0.239 e. The highest BCUT2D eigenvalue weighted by Gasteiger charge is 2.05. The molecule has 0 spiro atoms. The zero-order chi connectivity index (χ0) is 12.0. The molecular formula is C8H13FN6O. The maximum atomic E-state index is 13.1. The molecule has 0 aliphatic carbocycles. The molecule has 0 bridgehead atoms. The minimum atomic E-state index is -0.582. The highest BCUT2D eigenvalue weighted by molar-refractivity contribution is 5.72. The van der Waals surface area contributed by atoms with E-state index in [1.807, 2.05) is 0 Å². The molecular weight excluding hydrogens is 215 g/mol. The summed E-state index contributed by atoms with van der Waals surface area (Å²) in [6.07, 6.45) is 1.00. The third-order valence-corrected chi connectivity index (χ3v) is 1.66. The minimum absolute atomic E-state index is 0.0355. The van der Waals surface area contributed by atoms with E-state index in [-0.39, 0.29) is 17.7 Å². The van der Waals surface area contributed by atoms with Crippen LogP contribution in [0.5, 0.6) is 0 Å². The number of aromatic nitrogens is 2. The lowest BCUT2D eigenvalue weighted by Gasteiger charge is -2.07. The molecule has 1 aromatic rings. The van der Waals surface area contributed by atoms with Crippen molar-refractivity contribution in [2.24, 2.45) is 5.84 Å². The van der Waals surface area contributed by atoms with Crippen LogP contribution in [0.1, 0.15) is 6.92 Å². The molecule has 0 saturated heterocycles. The van der Waals surface area contributed by atoms with Gasteiger partial charge in [-0.1, -0.05) is 0 Å². The van der Waals surface area contributed by atoms with Crippen molar-refractivity contribution in [3.63, 3.8) is 0 Å². The second-order valence-electron chi connectivity index (χ2n) is 2.94. The van der Waals surface area contributed by atoms with E-state index < -0.39 is 5.82 Å². The van der Waals surface area contributed by atoms with Crippen molar-refractivity contribution in [3.05, 3.63) is 12.0 Å². The van der Waals surface area contributed by atoms with Crippen LogP contribution in [-0.2, 0) is 4.79 Å². The summed E-state index contributed by atoms with van der Waals surface area (Å²) in [5, 5.41) is 5.26. The summed E-state index contributed by atoms with van der Waals surface area (Å²) in [5.41, 5.74) is 2.20. The van der Waals surface area contributed by atoms with E-state index in [0.717, 1.165) is 6.20 Å². The topological polar surface area (TPSA) is 105 Å². The number of amides is 1. The van der Waals surface area contributed by atoms with E-state index >= 15 is 0 Å². The van der Waals surface area contributed by atoms with Crippen LogP contribution in [-0.4, -0.2) is 29.0 Å². The monoisotopic (exact) mass is 228 g/mol. The molecule has 0 aromatic carbocycles. The largest absolute Gasteiger partial charge is 0.366 e. The normalized spacial score (nSPS) is 9.69. The number of anilines is 2. The van der Waals surface area contributed by atoms with Crippen molar-refractivity contribution < 1.29 is 9.18 Å². The molecule has 88 valence electrons. The van der Waals surface area contributed by atoms with Crippen molar-refractivity contribution in [1.29, 1.82) is 0 Å². The number of hydrogen-bond acceptors (Lipinski definition) is 6. The van der Waals surface area contributed by atoms with E-state index in [4.69, 9.17) is 5.84 Å². The molecule has 0 radical (unpaired) electrons. The first-order valence-electron chi connectivity index (χ1n) is 4.61. The molecule has 0 atom stereocenters. The first-order chi connectivity index (χ1) is 7.63. The maximum absolute atomic E-state index is 13.1. The minimum Gasteiger partial charge on any atom is -0.366 e. The summed E-state index contributed by atoms with van der Waals surface area (Å²) < 4.78 is 13.1. The standard InChI is InChI=1S/C8H13FN6O/c1-5(16)11-2-3-12-7-6(9)4-13-8(14-7)15-10/h4H,2-3,10H2,1H3,(H,11,16)(H2,12,13,14,15). The molecule has 16 heavy (non-hydrogen) atoms. The van der Waals surface area contributed by atoms with E-state index in [1.54, 1.807) is 0 Å². The second kappa shape index (κ2) is 5.81. The van der Waals surface area contributed by atoms with Gasteiger partial charge in [0.15, 0.2) is 11.6 Å². The number of carbonyl (C=O) groups is 1. The quantitative estimate of drug-likeness (QED) is 0.306. The average molecular weight is 228 g/mol. The fourth-order valence-electron chi connectivity index (χ4n) is 0.980. The fourth-order valence-corrected chi connectivity index (χ4v) is 0.980. The number of hydrogen-bond donors (Lipinski definition) is 4. The third-order valence-electron chi connectivity index (χ3n) is 1.66. The van der Waals surface area contributed by atoms with Gasteiger partial charge in [0, 0.05) is 20.0 Å². The SMILES string of the molecule is CC(=O)NCCNc1nc(NN)ncc1F. The van der Waals surface area contributed by atoms with Crippen molar-refractivity contribution in [2.45, 2.75) is 6.92 Å². The summed E-state index contributed by atoms with van der Waals surface area (Å²) in [7, 11) is 0. The Morgan fingerprint density at radius 3 is 2.94 bits per heavy atom. The van der Waals surface area contributed by atoms with Gasteiger partial charge in [-0.2, -0.15) is 4.98 Å². The molecule has 1 aromatic heterocycles. The van der Waals surface area contributed by atoms with Gasteiger partial charge in [0.1, 0.15) is 0 Å². The Morgan fingerprint density at radius 1 is 1.56 bits per heavy atom. The Balaban J connectivity index is 2.49. The number of nitrogen functional groups attached to an aromatic ring is 1. The number of nitrogens with two attached hydrogens (primary N) is 1. The second-order valence-corrected chi connectivity index (χ2v) is 2.94. The van der Waals surface area contributed by atoms with Gasteiger partial charge < -0.3 is 10.6 Å². The predicted molar refractivity (Wildman–Crippen MR) is 57.0 cm³/mol. The van der Waals surface area contributed by atoms with Crippen LogP contribution in [0.3, 0.4) is 0 Å². The van der Waals surface area contributed by atoms with Crippen molar-refractivity contribution >= 4 is 17.7 Å². The highest BCUT2D eigenvalue weighted by atomic mass is 19.1. The van der Waals surface area contributed by atoms with E-state index in [0.29, 0.717) is 13.1 Å². The molecule has 0 fully saturated rings. The van der Waals surface area contributed by atoms with Crippen LogP contribution in [0, 0.1) is 5.82 Å². The van der Waals surface area contributed by atoms with Gasteiger partial charge in [-0.3, -0.25) is 10.2 Å². The zero-order valence-corrected chi connectivity index (χ0v) is 8.75. The number of carbonyl (C=O) groups excluding carboxylic acids is 1. The molecule has 1 amide bonds. The highest BCUT2D eigenvalue weighted by Crippen LogP contribution is 2.10. The van der Waals surface area contributed by atoms with Gasteiger partial charge in [-0.25, -0.2) is 15.2 Å². The summed E-state index contributed by atoms with van der Waals surface area (Å²) in [4.78, 5) is 17.9. The Morgan fingerprint density at radius 2 is 2.31 bits per heavy atom. The number of rotatable bonds is 5. The van der Waals surface area contributed by atoms with Crippen LogP contribution in [0.4, 0.5) is 16.2 Å². The lowest BCUT2D eigenvalue weighted by molar-refractivity contribution is -0.118. The first-order valence-corrected chi connectivity index (χ1v) is 4.61. The molecule has 1 heterocycles. The van der Waals surface area contributed by atoms with Gasteiger partial charge in [-0.15, -0.1) is 0 Å². The zero-order valence-electron chi connectivity index (χ0n) is 8.75. The van der Waals surface area contributed by atoms with Crippen molar-refractivity contribution in [3.8, 4) is 0 Å². The number of halogens is 1. The van der Waals surface area contributed by atoms with Crippen molar-refractivity contribution in [2.75, 3.05) is 23.8 Å². The number of nitrogens with one attached hydrogen (secondary N) is 3. The molecule has 0 saturated carbocycles. The molecule has 5 N–H and O–H groups in total. The van der Waals surface area contributed by atoms with Gasteiger partial charge in [-0.05, 0) is 0 Å². The van der Waals surface area contributed by atoms with Gasteiger partial charge in [0.05, 0.1) is 6.20 Å². The van der Waals surface area contributed by atoms with Crippen molar-refractivity contribution in [1.82, 2.24) is 15.3 Å². The smallest absolute Gasteiger partial charge is 0.239 e. The fraction of sp³-hybridized carbons (Fsp3) is 0.375. The van der Waals surface area contributed by atoms with E-state index in [9.17, 15) is 9.18 Å². The Labute approximate surface area is 91.6 Å². The van der Waals surface area contributed by atoms with Gasteiger partial charge in [0.25, 0.3) is 0 Å². The Bertz CT molecular complexity index is 372. The lowest BCUT2D eigenvalue weighted by Crippen LogP contribution is -2.26. The lowest BCUT2D eigenvalue weighted by atomic mass is 10.5. The van der Waals surface area contributed by atoms with Gasteiger partial charge >= 0.3 is 0 Å². The average Bonchev–Trinajstić information content (AvgIpc) is 2.26. The molecule has 0 aliphatic rings. The van der Waals surface area contributed by atoms with E-state index in [1.165, 1.54) is 6.92 Å². The summed E-state index contributed by atoms with van der Waals surface area (Å²) in [6, 6.07) is 0.